The Morgan fingerprint density at radius 3 is 2.27 bits per heavy atom. The SMILES string of the molecule is CNC(=O)[C@H](Cc1c(F)c(F)c(F)c(F)c1F)NC(=O)c1ccc(-c2cc(-c3cccnc3)nn2-c2ccc(Cl)c(Cl)c2)s1. The number of carbonyl (C=O) groups excluding carboxylic acids is 2. The number of hydrogen-bond acceptors (Lipinski definition) is 5. The molecule has 44 heavy (non-hydrogen) atoms. The van der Waals surface area contributed by atoms with E-state index in [4.69, 9.17) is 23.2 Å². The van der Waals surface area contributed by atoms with E-state index in [1.54, 1.807) is 53.5 Å². The Morgan fingerprint density at radius 1 is 0.932 bits per heavy atom. The number of aromatic nitrogens is 3. The highest BCUT2D eigenvalue weighted by Crippen LogP contribution is 2.35. The van der Waals surface area contributed by atoms with E-state index in [0.29, 0.717) is 32.5 Å². The fourth-order valence-electron chi connectivity index (χ4n) is 4.27. The van der Waals surface area contributed by atoms with Gasteiger partial charge in [0.15, 0.2) is 23.3 Å². The summed E-state index contributed by atoms with van der Waals surface area (Å²) < 4.78 is 71.3. The third kappa shape index (κ3) is 6.03. The molecule has 0 aliphatic rings. The number of rotatable bonds is 8. The van der Waals surface area contributed by atoms with Crippen molar-refractivity contribution in [2.75, 3.05) is 7.05 Å². The highest BCUT2D eigenvalue weighted by atomic mass is 35.5. The molecule has 5 rings (SSSR count). The Balaban J connectivity index is 1.48. The number of likely N-dealkylation sites (N-methyl/N-ethyl adjacent to an activating group) is 1. The first kappa shape index (κ1) is 31.1. The number of thiophene rings is 1. The molecule has 2 amide bonds. The molecule has 0 spiro atoms. The second-order valence-electron chi connectivity index (χ2n) is 9.22. The van der Waals surface area contributed by atoms with E-state index in [0.717, 1.165) is 11.3 Å². The monoisotopic (exact) mass is 665 g/mol. The molecule has 0 saturated carbocycles. The molecule has 226 valence electrons. The van der Waals surface area contributed by atoms with Gasteiger partial charge in [0.1, 0.15) is 6.04 Å². The van der Waals surface area contributed by atoms with Gasteiger partial charge in [-0.05, 0) is 48.5 Å². The smallest absolute Gasteiger partial charge is 0.262 e. The van der Waals surface area contributed by atoms with Crippen molar-refractivity contribution in [3.63, 3.8) is 0 Å². The maximum Gasteiger partial charge on any atom is 0.262 e. The minimum atomic E-state index is -2.33. The first-order valence-corrected chi connectivity index (χ1v) is 14.2. The number of pyridine rings is 1. The fraction of sp³-hybridized carbons (Fsp3) is 0.103. The van der Waals surface area contributed by atoms with Gasteiger partial charge in [0.2, 0.25) is 11.7 Å². The minimum Gasteiger partial charge on any atom is -0.357 e. The van der Waals surface area contributed by atoms with Crippen LogP contribution < -0.4 is 10.6 Å². The first-order chi connectivity index (χ1) is 21.0. The second kappa shape index (κ2) is 12.7. The molecular formula is C29H18Cl2F5N5O2S. The van der Waals surface area contributed by atoms with E-state index in [-0.39, 0.29) is 9.90 Å². The topological polar surface area (TPSA) is 88.9 Å². The van der Waals surface area contributed by atoms with Crippen molar-refractivity contribution >= 4 is 46.4 Å². The van der Waals surface area contributed by atoms with E-state index in [1.807, 2.05) is 6.07 Å². The van der Waals surface area contributed by atoms with E-state index >= 15 is 0 Å². The number of benzene rings is 2. The molecule has 3 aromatic heterocycles. The molecule has 2 aromatic carbocycles. The van der Waals surface area contributed by atoms with Crippen molar-refractivity contribution in [3.8, 4) is 27.5 Å². The highest BCUT2D eigenvalue weighted by molar-refractivity contribution is 7.17. The summed E-state index contributed by atoms with van der Waals surface area (Å²) in [6, 6.07) is 11.6. The number of nitrogens with zero attached hydrogens (tertiary/aromatic N) is 3. The molecule has 15 heteroatoms. The number of amides is 2. The summed E-state index contributed by atoms with van der Waals surface area (Å²) in [5, 5.41) is 9.84. The lowest BCUT2D eigenvalue weighted by atomic mass is 10.0. The van der Waals surface area contributed by atoms with Gasteiger partial charge in [-0.1, -0.05) is 23.2 Å². The van der Waals surface area contributed by atoms with Gasteiger partial charge >= 0.3 is 0 Å². The van der Waals surface area contributed by atoms with Gasteiger partial charge in [-0.2, -0.15) is 5.10 Å². The fourth-order valence-corrected chi connectivity index (χ4v) is 5.47. The Labute approximate surface area is 260 Å². The van der Waals surface area contributed by atoms with Crippen LogP contribution in [-0.2, 0) is 11.2 Å². The Morgan fingerprint density at radius 2 is 1.64 bits per heavy atom. The maximum absolute atomic E-state index is 14.3. The van der Waals surface area contributed by atoms with Crippen LogP contribution in [0.25, 0.3) is 27.5 Å². The second-order valence-corrected chi connectivity index (χ2v) is 11.1. The molecule has 0 aliphatic heterocycles. The van der Waals surface area contributed by atoms with Gasteiger partial charge in [-0.15, -0.1) is 11.3 Å². The molecule has 0 unspecified atom stereocenters. The number of halogens is 7. The average Bonchev–Trinajstić information content (AvgIpc) is 3.70. The van der Waals surface area contributed by atoms with Crippen LogP contribution in [0.3, 0.4) is 0 Å². The molecule has 5 aromatic rings. The summed E-state index contributed by atoms with van der Waals surface area (Å²) in [6.45, 7) is 0. The van der Waals surface area contributed by atoms with Crippen LogP contribution in [0, 0.1) is 29.1 Å². The van der Waals surface area contributed by atoms with Crippen LogP contribution in [0.4, 0.5) is 22.0 Å². The Hall–Kier alpha value is -4.33. The Bertz CT molecular complexity index is 1870. The van der Waals surface area contributed by atoms with Gasteiger partial charge in [0.05, 0.1) is 36.9 Å². The molecule has 0 bridgehead atoms. The molecule has 0 radical (unpaired) electrons. The van der Waals surface area contributed by atoms with E-state index in [1.165, 1.54) is 13.1 Å². The zero-order valence-corrected chi connectivity index (χ0v) is 24.6. The average molecular weight is 666 g/mol. The van der Waals surface area contributed by atoms with Crippen LogP contribution in [0.5, 0.6) is 0 Å². The van der Waals surface area contributed by atoms with Gasteiger partial charge < -0.3 is 10.6 Å². The molecule has 0 aliphatic carbocycles. The normalized spacial score (nSPS) is 11.8. The summed E-state index contributed by atoms with van der Waals surface area (Å²) in [4.78, 5) is 30.4. The summed E-state index contributed by atoms with van der Waals surface area (Å²) >= 11 is 13.3. The minimum absolute atomic E-state index is 0.0798. The summed E-state index contributed by atoms with van der Waals surface area (Å²) in [5.74, 6) is -12.6. The molecular weight excluding hydrogens is 648 g/mol. The van der Waals surface area contributed by atoms with Crippen LogP contribution in [-0.4, -0.2) is 39.7 Å². The molecule has 3 heterocycles. The van der Waals surface area contributed by atoms with Crippen LogP contribution >= 0.6 is 34.5 Å². The molecule has 2 N–H and O–H groups in total. The lowest BCUT2D eigenvalue weighted by molar-refractivity contribution is -0.122. The highest BCUT2D eigenvalue weighted by Gasteiger charge is 2.30. The van der Waals surface area contributed by atoms with Crippen LogP contribution in [0.1, 0.15) is 15.2 Å². The number of hydrogen-bond donors (Lipinski definition) is 2. The quantitative estimate of drug-likeness (QED) is 0.109. The van der Waals surface area contributed by atoms with E-state index in [2.05, 4.69) is 20.7 Å². The molecule has 7 nitrogen and oxygen atoms in total. The predicted molar refractivity (Wildman–Crippen MR) is 155 cm³/mol. The first-order valence-electron chi connectivity index (χ1n) is 12.6. The van der Waals surface area contributed by atoms with Gasteiger partial charge in [0, 0.05) is 37.0 Å². The van der Waals surface area contributed by atoms with Gasteiger partial charge in [-0.25, -0.2) is 26.6 Å². The van der Waals surface area contributed by atoms with Crippen molar-refractivity contribution in [1.82, 2.24) is 25.4 Å². The van der Waals surface area contributed by atoms with Crippen LogP contribution in [0.2, 0.25) is 10.0 Å². The van der Waals surface area contributed by atoms with Crippen molar-refractivity contribution in [2.45, 2.75) is 12.5 Å². The largest absolute Gasteiger partial charge is 0.357 e. The van der Waals surface area contributed by atoms with Crippen molar-refractivity contribution in [1.29, 1.82) is 0 Å². The molecule has 0 saturated heterocycles. The number of nitrogens with one attached hydrogen (secondary N) is 2. The van der Waals surface area contributed by atoms with Crippen molar-refractivity contribution in [3.05, 3.63) is 110 Å². The zero-order chi connectivity index (χ0) is 31.7. The van der Waals surface area contributed by atoms with Crippen LogP contribution in [0.15, 0.2) is 60.9 Å². The van der Waals surface area contributed by atoms with E-state index in [9.17, 15) is 31.5 Å². The molecule has 0 fully saturated rings. The van der Waals surface area contributed by atoms with Gasteiger partial charge in [-0.3, -0.25) is 14.6 Å². The predicted octanol–water partition coefficient (Wildman–Crippen LogP) is 6.75. The maximum atomic E-state index is 14.3. The summed E-state index contributed by atoms with van der Waals surface area (Å²) in [5.41, 5.74) is 1.14. The van der Waals surface area contributed by atoms with Crippen molar-refractivity contribution < 1.29 is 31.5 Å². The lowest BCUT2D eigenvalue weighted by Gasteiger charge is -2.18. The number of carbonyl (C=O) groups is 2. The zero-order valence-electron chi connectivity index (χ0n) is 22.3. The lowest BCUT2D eigenvalue weighted by Crippen LogP contribution is -2.47. The third-order valence-corrected chi connectivity index (χ3v) is 8.32. The van der Waals surface area contributed by atoms with Crippen molar-refractivity contribution in [2.24, 2.45) is 0 Å². The summed E-state index contributed by atoms with van der Waals surface area (Å²) in [7, 11) is 1.19. The third-order valence-electron chi connectivity index (χ3n) is 6.47. The summed E-state index contributed by atoms with van der Waals surface area (Å²) in [6.07, 6.45) is 2.23. The standard InChI is InChI=1S/C29H18Cl2F5N5O2S/c1-37-28(42)19(10-15-23(32)25(34)27(36)26(35)24(15)33)39-29(43)22-7-6-21(44-22)20-11-18(13-3-2-8-38-12-13)40-41(20)14-4-5-16(30)17(31)9-14/h2-9,11-12,19H,10H2,1H3,(H,37,42)(H,39,43)/t19-/m0/s1. The Kier molecular flexibility index (Phi) is 9.00. The van der Waals surface area contributed by atoms with Gasteiger partial charge in [0.25, 0.3) is 5.91 Å². The molecule has 1 atom stereocenters. The van der Waals surface area contributed by atoms with E-state index < -0.39 is 58.9 Å².